The van der Waals surface area contributed by atoms with Gasteiger partial charge in [0, 0.05) is 11.8 Å². The number of carbonyl (C=O) groups excluding carboxylic acids is 2. The van der Waals surface area contributed by atoms with Crippen LogP contribution in [0.25, 0.3) is 0 Å². The van der Waals surface area contributed by atoms with Crippen LogP contribution in [0, 0.1) is 11.8 Å². The molecule has 0 radical (unpaired) electrons. The highest BCUT2D eigenvalue weighted by Crippen LogP contribution is 2.44. The lowest BCUT2D eigenvalue weighted by Crippen LogP contribution is -2.66. The van der Waals surface area contributed by atoms with Gasteiger partial charge in [-0.25, -0.2) is 9.59 Å². The van der Waals surface area contributed by atoms with Gasteiger partial charge >= 0.3 is 12.1 Å². The highest BCUT2D eigenvalue weighted by atomic mass is 16.2. The normalized spacial score (nSPS) is 52.2. The number of rotatable bonds is 0. The van der Waals surface area contributed by atoms with E-state index < -0.39 is 0 Å². The van der Waals surface area contributed by atoms with Gasteiger partial charge in [0.15, 0.2) is 0 Å². The molecule has 5 aliphatic rings. The summed E-state index contributed by atoms with van der Waals surface area (Å²) in [5.74, 6) is 0.746. The van der Waals surface area contributed by atoms with Crippen LogP contribution in [0.1, 0.15) is 12.8 Å². The average Bonchev–Trinajstić information content (AvgIpc) is 2.79. The number of amides is 4. The summed E-state index contributed by atoms with van der Waals surface area (Å²) < 4.78 is 0. The van der Waals surface area contributed by atoms with Crippen LogP contribution < -0.4 is 21.3 Å². The van der Waals surface area contributed by atoms with Gasteiger partial charge in [-0.2, -0.15) is 0 Å². The van der Waals surface area contributed by atoms with Crippen molar-refractivity contribution in [3.63, 3.8) is 0 Å². The summed E-state index contributed by atoms with van der Waals surface area (Å²) in [6.45, 7) is 0. The van der Waals surface area contributed by atoms with Crippen LogP contribution in [0.3, 0.4) is 0 Å². The number of urea groups is 2. The van der Waals surface area contributed by atoms with E-state index in [2.05, 4.69) is 21.3 Å². The zero-order valence-electron chi connectivity index (χ0n) is 8.69. The van der Waals surface area contributed by atoms with E-state index in [1.165, 1.54) is 0 Å². The predicted octanol–water partition coefficient (Wildman–Crippen LogP) is -0.874. The van der Waals surface area contributed by atoms with Gasteiger partial charge in [-0.1, -0.05) is 0 Å². The lowest BCUT2D eigenvalue weighted by atomic mass is 9.61. The van der Waals surface area contributed by atoms with Gasteiger partial charge in [-0.15, -0.1) is 0 Å². The van der Waals surface area contributed by atoms with Crippen LogP contribution in [0.15, 0.2) is 0 Å². The fraction of sp³-hybridized carbons (Fsp3) is 0.800. The minimum atomic E-state index is -0.0572. The molecule has 4 unspecified atom stereocenters. The van der Waals surface area contributed by atoms with E-state index in [9.17, 15) is 9.59 Å². The molecule has 16 heavy (non-hydrogen) atoms. The van der Waals surface area contributed by atoms with Crippen LogP contribution in [-0.4, -0.2) is 36.2 Å². The van der Waals surface area contributed by atoms with Crippen LogP contribution in [0.2, 0.25) is 0 Å². The number of hydrogen-bond donors (Lipinski definition) is 4. The van der Waals surface area contributed by atoms with E-state index in [0.29, 0.717) is 11.8 Å². The molecule has 6 nitrogen and oxygen atoms in total. The van der Waals surface area contributed by atoms with Gasteiger partial charge in [0.05, 0.1) is 24.2 Å². The lowest BCUT2D eigenvalue weighted by Gasteiger charge is -2.50. The molecule has 3 aliphatic carbocycles. The van der Waals surface area contributed by atoms with Gasteiger partial charge in [0.2, 0.25) is 0 Å². The molecule has 0 aromatic heterocycles. The van der Waals surface area contributed by atoms with E-state index in [1.54, 1.807) is 0 Å². The quantitative estimate of drug-likeness (QED) is 0.429. The van der Waals surface area contributed by atoms with E-state index in [4.69, 9.17) is 0 Å². The van der Waals surface area contributed by atoms with Crippen molar-refractivity contribution in [2.24, 2.45) is 11.8 Å². The van der Waals surface area contributed by atoms with Crippen LogP contribution in [-0.2, 0) is 0 Å². The van der Waals surface area contributed by atoms with Gasteiger partial charge in [0.1, 0.15) is 0 Å². The topological polar surface area (TPSA) is 82.3 Å². The maximum Gasteiger partial charge on any atom is 0.315 e. The monoisotopic (exact) mass is 222 g/mol. The van der Waals surface area contributed by atoms with Crippen molar-refractivity contribution in [1.82, 2.24) is 21.3 Å². The second-order valence-corrected chi connectivity index (χ2v) is 5.24. The molecule has 5 rings (SSSR count). The van der Waals surface area contributed by atoms with Gasteiger partial charge in [-0.3, -0.25) is 0 Å². The zero-order valence-corrected chi connectivity index (χ0v) is 8.69. The first-order valence-electron chi connectivity index (χ1n) is 5.88. The molecular weight excluding hydrogens is 208 g/mol. The molecular formula is C10H14N4O2. The molecule has 0 spiro atoms. The summed E-state index contributed by atoms with van der Waals surface area (Å²) in [5.41, 5.74) is 0. The molecule has 86 valence electrons. The second kappa shape index (κ2) is 2.61. The average molecular weight is 222 g/mol. The van der Waals surface area contributed by atoms with Gasteiger partial charge in [0.25, 0.3) is 0 Å². The summed E-state index contributed by atoms with van der Waals surface area (Å²) in [4.78, 5) is 22.8. The van der Waals surface area contributed by atoms with E-state index >= 15 is 0 Å². The molecule has 4 amide bonds. The first-order chi connectivity index (χ1) is 7.74. The minimum absolute atomic E-state index is 0.0572. The SMILES string of the molecule is O=C1NC2C3CCC(C2N1)C1NC(=O)NC31. The Kier molecular flexibility index (Phi) is 1.42. The fourth-order valence-electron chi connectivity index (χ4n) is 4.09. The summed E-state index contributed by atoms with van der Waals surface area (Å²) in [6, 6.07) is 0.692. The Morgan fingerprint density at radius 1 is 0.688 bits per heavy atom. The Morgan fingerprint density at radius 2 is 1.00 bits per heavy atom. The summed E-state index contributed by atoms with van der Waals surface area (Å²) in [5, 5.41) is 11.9. The van der Waals surface area contributed by atoms with E-state index in [-0.39, 0.29) is 36.2 Å². The molecule has 0 aromatic rings. The molecule has 4 atom stereocenters. The van der Waals surface area contributed by atoms with Crippen molar-refractivity contribution < 1.29 is 9.59 Å². The Morgan fingerprint density at radius 3 is 1.31 bits per heavy atom. The third-order valence-electron chi connectivity index (χ3n) is 4.64. The van der Waals surface area contributed by atoms with Gasteiger partial charge < -0.3 is 21.3 Å². The molecule has 4 N–H and O–H groups in total. The van der Waals surface area contributed by atoms with Crippen molar-refractivity contribution in [3.05, 3.63) is 0 Å². The second-order valence-electron chi connectivity index (χ2n) is 5.24. The maximum absolute atomic E-state index is 11.4. The third kappa shape index (κ3) is 0.881. The van der Waals surface area contributed by atoms with E-state index in [0.717, 1.165) is 12.8 Å². The Labute approximate surface area is 92.5 Å². The molecule has 6 heteroatoms. The van der Waals surface area contributed by atoms with Crippen molar-refractivity contribution >= 4 is 12.1 Å². The fourth-order valence-corrected chi connectivity index (χ4v) is 4.09. The largest absolute Gasteiger partial charge is 0.333 e. The minimum Gasteiger partial charge on any atom is -0.333 e. The standard InChI is InChI=1S/C10H14N4O2/c15-9-11-5-3-1-2-4(7(5)13-9)8-6(3)12-10(16)14-8/h3-8H,1-2H2,(H2,11,13,15)(H2,12,14,16). The molecule has 0 aromatic carbocycles. The molecule has 2 heterocycles. The molecule has 3 saturated carbocycles. The molecule has 5 fully saturated rings. The lowest BCUT2D eigenvalue weighted by molar-refractivity contribution is 0.0647. The molecule has 2 aliphatic heterocycles. The van der Waals surface area contributed by atoms with Crippen molar-refractivity contribution in [2.45, 2.75) is 37.0 Å². The Bertz CT molecular complexity index is 321. The molecule has 2 saturated heterocycles. The van der Waals surface area contributed by atoms with Crippen LogP contribution in [0.5, 0.6) is 0 Å². The number of fused-ring (bicyclic) bond motifs is 1. The van der Waals surface area contributed by atoms with Crippen molar-refractivity contribution in [2.75, 3.05) is 0 Å². The maximum atomic E-state index is 11.4. The third-order valence-corrected chi connectivity index (χ3v) is 4.64. The summed E-state index contributed by atoms with van der Waals surface area (Å²) in [6.07, 6.45) is 2.19. The highest BCUT2D eigenvalue weighted by Gasteiger charge is 2.59. The van der Waals surface area contributed by atoms with E-state index in [1.807, 2.05) is 0 Å². The zero-order chi connectivity index (χ0) is 10.9. The number of hydrogen-bond acceptors (Lipinski definition) is 2. The van der Waals surface area contributed by atoms with Gasteiger partial charge in [-0.05, 0) is 12.8 Å². The highest BCUT2D eigenvalue weighted by molar-refractivity contribution is 5.80. The Balaban J connectivity index is 1.73. The smallest absolute Gasteiger partial charge is 0.315 e. The first kappa shape index (κ1) is 8.66. The predicted molar refractivity (Wildman–Crippen MR) is 54.7 cm³/mol. The Hall–Kier alpha value is -1.46. The van der Waals surface area contributed by atoms with Crippen LogP contribution in [0.4, 0.5) is 9.59 Å². The van der Waals surface area contributed by atoms with Crippen molar-refractivity contribution in [1.29, 1.82) is 0 Å². The van der Waals surface area contributed by atoms with Crippen molar-refractivity contribution in [3.8, 4) is 0 Å². The van der Waals surface area contributed by atoms with Crippen LogP contribution >= 0.6 is 0 Å². The number of carbonyl (C=O) groups is 2. The molecule has 2 bridgehead atoms. The number of nitrogens with one attached hydrogen (secondary N) is 4. The summed E-state index contributed by atoms with van der Waals surface area (Å²) >= 11 is 0. The first-order valence-corrected chi connectivity index (χ1v) is 5.88. The summed E-state index contributed by atoms with van der Waals surface area (Å²) in [7, 11) is 0.